The van der Waals surface area contributed by atoms with Crippen molar-refractivity contribution in [3.05, 3.63) is 0 Å². The van der Waals surface area contributed by atoms with Gasteiger partial charge < -0.3 is 11.1 Å². The van der Waals surface area contributed by atoms with E-state index in [4.69, 9.17) is 5.73 Å². The molecule has 0 aliphatic heterocycles. The monoisotopic (exact) mass is 296 g/mol. The molecule has 126 valence electrons. The molecule has 1 aliphatic rings. The van der Waals surface area contributed by atoms with Crippen LogP contribution in [0.25, 0.3) is 0 Å². The lowest BCUT2D eigenvalue weighted by molar-refractivity contribution is 0.181. The predicted molar refractivity (Wildman–Crippen MR) is 94.5 cm³/mol. The first-order valence-electron chi connectivity index (χ1n) is 9.61. The second-order valence-corrected chi connectivity index (χ2v) is 7.47. The molecular formula is C19H40N2. The van der Waals surface area contributed by atoms with Gasteiger partial charge in [0.2, 0.25) is 0 Å². The van der Waals surface area contributed by atoms with Crippen LogP contribution in [-0.2, 0) is 0 Å². The molecule has 0 spiro atoms. The van der Waals surface area contributed by atoms with Crippen molar-refractivity contribution in [2.75, 3.05) is 19.6 Å². The molecular weight excluding hydrogens is 256 g/mol. The summed E-state index contributed by atoms with van der Waals surface area (Å²) in [5.41, 5.74) is 5.67. The second kappa shape index (κ2) is 11.5. The van der Waals surface area contributed by atoms with Gasteiger partial charge in [0.15, 0.2) is 0 Å². The predicted octanol–water partition coefficient (Wildman–Crippen LogP) is 4.58. The van der Waals surface area contributed by atoms with Gasteiger partial charge in [-0.3, -0.25) is 0 Å². The summed E-state index contributed by atoms with van der Waals surface area (Å²) in [6, 6.07) is 0. The number of unbranched alkanes of at least 4 members (excludes halogenated alkanes) is 1. The van der Waals surface area contributed by atoms with Crippen molar-refractivity contribution in [3.8, 4) is 0 Å². The summed E-state index contributed by atoms with van der Waals surface area (Å²) in [6.07, 6.45) is 12.9. The first kappa shape index (κ1) is 19.0. The van der Waals surface area contributed by atoms with Gasteiger partial charge in [0, 0.05) is 0 Å². The van der Waals surface area contributed by atoms with E-state index in [9.17, 15) is 0 Å². The molecule has 0 heterocycles. The van der Waals surface area contributed by atoms with Gasteiger partial charge in [-0.05, 0) is 69.0 Å². The maximum atomic E-state index is 5.67. The molecule has 0 radical (unpaired) electrons. The lowest BCUT2D eigenvalue weighted by Crippen LogP contribution is -2.32. The third-order valence-corrected chi connectivity index (χ3v) is 5.47. The molecule has 0 saturated heterocycles. The summed E-state index contributed by atoms with van der Waals surface area (Å²) in [6.45, 7) is 10.0. The zero-order valence-electron chi connectivity index (χ0n) is 14.9. The molecule has 2 nitrogen and oxygen atoms in total. The Labute approximate surface area is 133 Å². The Kier molecular flexibility index (Phi) is 10.4. The van der Waals surface area contributed by atoms with Gasteiger partial charge in [-0.2, -0.15) is 0 Å². The van der Waals surface area contributed by atoms with E-state index in [2.05, 4.69) is 26.1 Å². The molecule has 3 N–H and O–H groups in total. The van der Waals surface area contributed by atoms with Crippen LogP contribution in [0.3, 0.4) is 0 Å². The molecule has 0 aromatic heterocycles. The third kappa shape index (κ3) is 7.65. The molecule has 0 amide bonds. The molecule has 2 heteroatoms. The number of hydrogen-bond donors (Lipinski definition) is 2. The second-order valence-electron chi connectivity index (χ2n) is 7.47. The summed E-state index contributed by atoms with van der Waals surface area (Å²) in [4.78, 5) is 0. The summed E-state index contributed by atoms with van der Waals surface area (Å²) < 4.78 is 0. The van der Waals surface area contributed by atoms with Gasteiger partial charge in [0.25, 0.3) is 0 Å². The van der Waals surface area contributed by atoms with E-state index < -0.39 is 0 Å². The normalized spacial score (nSPS) is 25.7. The van der Waals surface area contributed by atoms with Crippen LogP contribution in [-0.4, -0.2) is 19.6 Å². The fraction of sp³-hybridized carbons (Fsp3) is 1.00. The average Bonchev–Trinajstić information content (AvgIpc) is 2.52. The summed E-state index contributed by atoms with van der Waals surface area (Å²) in [5.74, 6) is 3.57. The third-order valence-electron chi connectivity index (χ3n) is 5.47. The van der Waals surface area contributed by atoms with Crippen molar-refractivity contribution in [1.82, 2.24) is 5.32 Å². The summed E-state index contributed by atoms with van der Waals surface area (Å²) >= 11 is 0. The molecule has 1 aliphatic carbocycles. The zero-order chi connectivity index (χ0) is 15.5. The van der Waals surface area contributed by atoms with E-state index >= 15 is 0 Å². The Hall–Kier alpha value is -0.0800. The van der Waals surface area contributed by atoms with Crippen LogP contribution in [0.2, 0.25) is 0 Å². The van der Waals surface area contributed by atoms with E-state index in [0.29, 0.717) is 5.92 Å². The van der Waals surface area contributed by atoms with Gasteiger partial charge in [-0.15, -0.1) is 0 Å². The zero-order valence-corrected chi connectivity index (χ0v) is 14.9. The van der Waals surface area contributed by atoms with E-state index in [0.717, 1.165) is 30.8 Å². The van der Waals surface area contributed by atoms with Crippen LogP contribution in [0.1, 0.15) is 78.6 Å². The molecule has 0 aromatic carbocycles. The lowest BCUT2D eigenvalue weighted by atomic mass is 9.73. The summed E-state index contributed by atoms with van der Waals surface area (Å²) in [7, 11) is 0. The number of nitrogens with two attached hydrogens (primary N) is 1. The highest BCUT2D eigenvalue weighted by molar-refractivity contribution is 4.79. The maximum absolute atomic E-state index is 5.67. The van der Waals surface area contributed by atoms with E-state index in [-0.39, 0.29) is 0 Å². The Morgan fingerprint density at radius 3 is 2.33 bits per heavy atom. The molecule has 0 bridgehead atoms. The molecule has 2 unspecified atom stereocenters. The Bertz CT molecular complexity index is 234. The Balaban J connectivity index is 2.22. The van der Waals surface area contributed by atoms with Crippen LogP contribution in [0.4, 0.5) is 0 Å². The first-order chi connectivity index (χ1) is 10.2. The SMILES string of the molecule is CCCCC(CCC)C1CCC(CNCC(C)CN)CC1. The van der Waals surface area contributed by atoms with Crippen molar-refractivity contribution >= 4 is 0 Å². The lowest BCUT2D eigenvalue weighted by Gasteiger charge is -2.34. The highest BCUT2D eigenvalue weighted by Crippen LogP contribution is 2.37. The molecule has 1 rings (SSSR count). The summed E-state index contributed by atoms with van der Waals surface area (Å²) in [5, 5.41) is 3.63. The molecule has 1 saturated carbocycles. The van der Waals surface area contributed by atoms with Crippen LogP contribution in [0.15, 0.2) is 0 Å². The van der Waals surface area contributed by atoms with E-state index in [1.807, 2.05) is 0 Å². The smallest absolute Gasteiger partial charge is 0.00110 e. The number of hydrogen-bond acceptors (Lipinski definition) is 2. The van der Waals surface area contributed by atoms with Crippen molar-refractivity contribution < 1.29 is 0 Å². The highest BCUT2D eigenvalue weighted by Gasteiger charge is 2.26. The van der Waals surface area contributed by atoms with E-state index in [1.54, 1.807) is 0 Å². The van der Waals surface area contributed by atoms with Crippen LogP contribution >= 0.6 is 0 Å². The van der Waals surface area contributed by atoms with Crippen molar-refractivity contribution in [2.24, 2.45) is 29.4 Å². The first-order valence-corrected chi connectivity index (χ1v) is 9.61. The molecule has 0 aromatic rings. The van der Waals surface area contributed by atoms with Crippen LogP contribution < -0.4 is 11.1 Å². The van der Waals surface area contributed by atoms with Gasteiger partial charge in [-0.25, -0.2) is 0 Å². The average molecular weight is 297 g/mol. The quantitative estimate of drug-likeness (QED) is 0.585. The standard InChI is InChI=1S/C19H40N2/c1-4-6-8-18(7-5-2)19-11-9-17(10-12-19)15-21-14-16(3)13-20/h16-19,21H,4-15,20H2,1-3H3. The van der Waals surface area contributed by atoms with Gasteiger partial charge in [0.05, 0.1) is 0 Å². The largest absolute Gasteiger partial charge is 0.330 e. The minimum Gasteiger partial charge on any atom is -0.330 e. The van der Waals surface area contributed by atoms with Gasteiger partial charge in [-0.1, -0.05) is 52.9 Å². The molecule has 21 heavy (non-hydrogen) atoms. The van der Waals surface area contributed by atoms with Crippen molar-refractivity contribution in [1.29, 1.82) is 0 Å². The number of nitrogens with one attached hydrogen (secondary N) is 1. The number of rotatable bonds is 11. The van der Waals surface area contributed by atoms with Crippen LogP contribution in [0.5, 0.6) is 0 Å². The highest BCUT2D eigenvalue weighted by atomic mass is 14.9. The van der Waals surface area contributed by atoms with Gasteiger partial charge >= 0.3 is 0 Å². The van der Waals surface area contributed by atoms with Crippen molar-refractivity contribution in [2.45, 2.75) is 78.6 Å². The fourth-order valence-corrected chi connectivity index (χ4v) is 3.93. The Morgan fingerprint density at radius 2 is 1.76 bits per heavy atom. The topological polar surface area (TPSA) is 38.0 Å². The fourth-order valence-electron chi connectivity index (χ4n) is 3.93. The van der Waals surface area contributed by atoms with E-state index in [1.165, 1.54) is 64.3 Å². The van der Waals surface area contributed by atoms with Crippen molar-refractivity contribution in [3.63, 3.8) is 0 Å². The van der Waals surface area contributed by atoms with Gasteiger partial charge in [0.1, 0.15) is 0 Å². The minimum absolute atomic E-state index is 0.615. The Morgan fingerprint density at radius 1 is 1.05 bits per heavy atom. The molecule has 1 fully saturated rings. The molecule has 2 atom stereocenters. The minimum atomic E-state index is 0.615. The van der Waals surface area contributed by atoms with Crippen LogP contribution in [0, 0.1) is 23.7 Å². The maximum Gasteiger partial charge on any atom is -0.00110 e.